The predicted octanol–water partition coefficient (Wildman–Crippen LogP) is 4.50. The van der Waals surface area contributed by atoms with Crippen LogP contribution in [-0.2, 0) is 14.3 Å². The molecule has 1 spiro atoms. The highest BCUT2D eigenvalue weighted by atomic mass is 16.5. The van der Waals surface area contributed by atoms with Gasteiger partial charge in [-0.15, -0.1) is 0 Å². The second kappa shape index (κ2) is 5.46. The summed E-state index contributed by atoms with van der Waals surface area (Å²) in [5, 5.41) is 9.99. The minimum Gasteiger partial charge on any atom is -0.481 e. The van der Waals surface area contributed by atoms with Gasteiger partial charge in [0.25, 0.3) is 0 Å². The highest BCUT2D eigenvalue weighted by Gasteiger charge is 2.65. The molecule has 0 saturated heterocycles. The van der Waals surface area contributed by atoms with Gasteiger partial charge in [-0.25, -0.2) is 0 Å². The Labute approximate surface area is 155 Å². The van der Waals surface area contributed by atoms with Crippen molar-refractivity contribution in [1.82, 2.24) is 0 Å². The minimum atomic E-state index is -0.667. The van der Waals surface area contributed by atoms with E-state index in [0.29, 0.717) is 0 Å². The van der Waals surface area contributed by atoms with Crippen molar-refractivity contribution in [2.24, 2.45) is 28.1 Å². The molecule has 6 atom stereocenters. The fraction of sp³-hybridized carbons (Fsp3) is 0.727. The molecule has 3 saturated carbocycles. The van der Waals surface area contributed by atoms with Crippen molar-refractivity contribution < 1.29 is 19.4 Å². The van der Waals surface area contributed by atoms with Crippen molar-refractivity contribution in [2.75, 3.05) is 0 Å². The molecule has 2 bridgehead atoms. The maximum absolute atomic E-state index is 12.2. The van der Waals surface area contributed by atoms with Crippen molar-refractivity contribution >= 4 is 11.9 Å². The van der Waals surface area contributed by atoms with Gasteiger partial charge in [0.1, 0.15) is 6.10 Å². The van der Waals surface area contributed by atoms with Gasteiger partial charge in [-0.1, -0.05) is 37.1 Å². The van der Waals surface area contributed by atoms with E-state index in [4.69, 9.17) is 4.74 Å². The Morgan fingerprint density at radius 3 is 2.65 bits per heavy atom. The van der Waals surface area contributed by atoms with E-state index >= 15 is 0 Å². The molecule has 0 aliphatic heterocycles. The van der Waals surface area contributed by atoms with Crippen molar-refractivity contribution in [3.05, 3.63) is 23.8 Å². The number of hydrogen-bond acceptors (Lipinski definition) is 3. The normalized spacial score (nSPS) is 46.8. The first-order chi connectivity index (χ1) is 12.1. The molecular weight excluding hydrogens is 328 g/mol. The van der Waals surface area contributed by atoms with E-state index in [1.165, 1.54) is 18.1 Å². The zero-order valence-corrected chi connectivity index (χ0v) is 16.1. The molecule has 0 aromatic rings. The van der Waals surface area contributed by atoms with E-state index in [2.05, 4.69) is 19.6 Å². The van der Waals surface area contributed by atoms with Crippen LogP contribution in [0.2, 0.25) is 0 Å². The Morgan fingerprint density at radius 1 is 1.27 bits per heavy atom. The van der Waals surface area contributed by atoms with Crippen molar-refractivity contribution in [3.8, 4) is 0 Å². The molecule has 3 fully saturated rings. The Bertz CT molecular complexity index is 722. The van der Waals surface area contributed by atoms with E-state index in [1.807, 2.05) is 6.92 Å². The summed E-state index contributed by atoms with van der Waals surface area (Å²) in [6.07, 6.45) is 8.50. The lowest BCUT2D eigenvalue weighted by atomic mass is 9.40. The van der Waals surface area contributed by atoms with Gasteiger partial charge in [-0.2, -0.15) is 0 Å². The van der Waals surface area contributed by atoms with Crippen LogP contribution in [0, 0.1) is 28.1 Å². The summed E-state index contributed by atoms with van der Waals surface area (Å²) >= 11 is 0. The van der Waals surface area contributed by atoms with Crippen LogP contribution in [0.25, 0.3) is 0 Å². The van der Waals surface area contributed by atoms with Gasteiger partial charge in [-0.05, 0) is 56.8 Å². The molecular formula is C22H30O4. The molecule has 4 heteroatoms. The zero-order valence-electron chi connectivity index (χ0n) is 16.1. The summed E-state index contributed by atoms with van der Waals surface area (Å²) in [6, 6.07) is 0. The number of carboxylic acids is 1. The second-order valence-electron chi connectivity index (χ2n) is 9.60. The van der Waals surface area contributed by atoms with Gasteiger partial charge in [0.05, 0.1) is 5.41 Å². The van der Waals surface area contributed by atoms with Crippen molar-refractivity contribution in [1.29, 1.82) is 0 Å². The summed E-state index contributed by atoms with van der Waals surface area (Å²) < 4.78 is 5.82. The number of carbonyl (C=O) groups excluding carboxylic acids is 1. The molecule has 0 unspecified atom stereocenters. The molecule has 4 nitrogen and oxygen atoms in total. The minimum absolute atomic E-state index is 0.0914. The highest BCUT2D eigenvalue weighted by Crippen LogP contribution is 2.70. The first-order valence-corrected chi connectivity index (χ1v) is 9.94. The van der Waals surface area contributed by atoms with E-state index in [1.54, 1.807) is 0 Å². The molecule has 142 valence electrons. The van der Waals surface area contributed by atoms with E-state index in [0.717, 1.165) is 44.9 Å². The Balaban J connectivity index is 1.82. The molecule has 1 N–H and O–H groups in total. The van der Waals surface area contributed by atoms with Gasteiger partial charge in [0.15, 0.2) is 0 Å². The number of rotatable bonds is 2. The summed E-state index contributed by atoms with van der Waals surface area (Å²) in [7, 11) is 0. The number of carbonyl (C=O) groups is 2. The third-order valence-electron chi connectivity index (χ3n) is 8.28. The van der Waals surface area contributed by atoms with Gasteiger partial charge in [0, 0.05) is 18.3 Å². The maximum atomic E-state index is 12.2. The lowest BCUT2D eigenvalue weighted by Gasteiger charge is -2.64. The van der Waals surface area contributed by atoms with Crippen LogP contribution < -0.4 is 0 Å². The number of esters is 1. The molecule has 5 rings (SSSR count). The standard InChI is InChI=1S/C22H30O4/c1-13-12-22-9-6-16-20(3,7-5-8-21(16,4)19(24)25)17(22)10-15(13)11-18(22)26-14(2)23/h10,15-16,18H,1,5-9,11-12H2,2-4H3,(H,24,25)/t15-,16-,18-,20-,21-,22+/m1/s1. The molecule has 0 radical (unpaired) electrons. The lowest BCUT2D eigenvalue weighted by molar-refractivity contribution is -0.170. The van der Waals surface area contributed by atoms with E-state index in [9.17, 15) is 14.7 Å². The number of carboxylic acid groups (broad SMARTS) is 1. The highest BCUT2D eigenvalue weighted by molar-refractivity contribution is 5.75. The number of fused-ring (bicyclic) bond motifs is 3. The number of hydrogen-bond donors (Lipinski definition) is 1. The Hall–Kier alpha value is -1.58. The SMILES string of the molecule is C=C1C[C@@]23CC[C@H]4[C@](C)(C(=O)O)CCC[C@@]4(C)C2=C[C@@H]1C[C@H]3OC(C)=O. The number of allylic oxidation sites excluding steroid dienone is 2. The van der Waals surface area contributed by atoms with E-state index in [-0.39, 0.29) is 34.7 Å². The molecule has 0 aromatic carbocycles. The second-order valence-corrected chi connectivity index (χ2v) is 9.60. The van der Waals surface area contributed by atoms with Crippen LogP contribution in [0.3, 0.4) is 0 Å². The fourth-order valence-electron chi connectivity index (χ4n) is 7.09. The summed E-state index contributed by atoms with van der Waals surface area (Å²) in [5.41, 5.74) is 1.67. The molecule has 0 heterocycles. The third kappa shape index (κ3) is 2.13. The average molecular weight is 358 g/mol. The quantitative estimate of drug-likeness (QED) is 0.583. The van der Waals surface area contributed by atoms with Crippen molar-refractivity contribution in [3.63, 3.8) is 0 Å². The Morgan fingerprint density at radius 2 is 2.00 bits per heavy atom. The average Bonchev–Trinajstić information content (AvgIpc) is 2.54. The number of aliphatic carboxylic acids is 1. The lowest BCUT2D eigenvalue weighted by Crippen LogP contribution is -2.60. The van der Waals surface area contributed by atoms with E-state index < -0.39 is 11.4 Å². The van der Waals surface area contributed by atoms with Crippen LogP contribution in [0.15, 0.2) is 23.8 Å². The maximum Gasteiger partial charge on any atom is 0.309 e. The van der Waals surface area contributed by atoms with Gasteiger partial charge >= 0.3 is 11.9 Å². The summed E-state index contributed by atoms with van der Waals surface area (Å²) in [5.74, 6) is -0.478. The third-order valence-corrected chi connectivity index (χ3v) is 8.28. The van der Waals surface area contributed by atoms with Gasteiger partial charge in [-0.3, -0.25) is 9.59 Å². The van der Waals surface area contributed by atoms with Crippen molar-refractivity contribution in [2.45, 2.75) is 71.8 Å². The molecule has 0 amide bonds. The molecule has 26 heavy (non-hydrogen) atoms. The fourth-order valence-corrected chi connectivity index (χ4v) is 7.09. The first kappa shape index (κ1) is 17.8. The topological polar surface area (TPSA) is 63.6 Å². The van der Waals surface area contributed by atoms with Crippen LogP contribution in [0.4, 0.5) is 0 Å². The number of ether oxygens (including phenoxy) is 1. The zero-order chi connectivity index (χ0) is 18.9. The van der Waals surface area contributed by atoms with Gasteiger partial charge < -0.3 is 9.84 Å². The van der Waals surface area contributed by atoms with Crippen LogP contribution in [-0.4, -0.2) is 23.1 Å². The largest absolute Gasteiger partial charge is 0.481 e. The van der Waals surface area contributed by atoms with Crippen LogP contribution in [0.5, 0.6) is 0 Å². The van der Waals surface area contributed by atoms with Gasteiger partial charge in [0.2, 0.25) is 0 Å². The smallest absolute Gasteiger partial charge is 0.309 e. The van der Waals surface area contributed by atoms with Crippen LogP contribution in [0.1, 0.15) is 65.7 Å². The molecule has 0 aromatic heterocycles. The Kier molecular flexibility index (Phi) is 3.74. The summed E-state index contributed by atoms with van der Waals surface area (Å²) in [6.45, 7) is 10.0. The first-order valence-electron chi connectivity index (χ1n) is 9.94. The molecule has 5 aliphatic rings. The monoisotopic (exact) mass is 358 g/mol. The summed E-state index contributed by atoms with van der Waals surface area (Å²) in [4.78, 5) is 23.9. The molecule has 5 aliphatic carbocycles. The predicted molar refractivity (Wildman–Crippen MR) is 98.4 cm³/mol. The van der Waals surface area contributed by atoms with Crippen LogP contribution >= 0.6 is 0 Å².